The number of nitrogens with two attached hydrogens (primary N) is 1. The predicted molar refractivity (Wildman–Crippen MR) is 64.0 cm³/mol. The topological polar surface area (TPSA) is 59.1 Å². The van der Waals surface area contributed by atoms with Gasteiger partial charge in [-0.1, -0.05) is 20.8 Å². The Bertz CT molecular complexity index is 330. The van der Waals surface area contributed by atoms with E-state index in [1.807, 2.05) is 33.1 Å². The second-order valence-electron chi connectivity index (χ2n) is 5.02. The number of rotatable bonds is 3. The fourth-order valence-electron chi connectivity index (χ4n) is 1.43. The van der Waals surface area contributed by atoms with Gasteiger partial charge in [0.25, 0.3) is 0 Å². The molecule has 1 aromatic rings. The average molecular weight is 228 g/mol. The molecule has 86 valence electrons. The van der Waals surface area contributed by atoms with Crippen LogP contribution in [0, 0.1) is 12.3 Å². The Balaban J connectivity index is 2.86. The van der Waals surface area contributed by atoms with Crippen LogP contribution in [0.4, 0.5) is 0 Å². The Labute approximate surface area is 95.3 Å². The van der Waals surface area contributed by atoms with Crippen molar-refractivity contribution in [1.82, 2.24) is 4.98 Å². The molecule has 0 bridgehead atoms. The van der Waals surface area contributed by atoms with E-state index in [0.717, 1.165) is 10.7 Å². The summed E-state index contributed by atoms with van der Waals surface area (Å²) in [4.78, 5) is 4.36. The Morgan fingerprint density at radius 3 is 2.40 bits per heavy atom. The second kappa shape index (κ2) is 4.20. The highest BCUT2D eigenvalue weighted by Crippen LogP contribution is 2.32. The van der Waals surface area contributed by atoms with Crippen molar-refractivity contribution in [3.05, 3.63) is 16.1 Å². The van der Waals surface area contributed by atoms with Crippen LogP contribution in [0.1, 0.15) is 31.5 Å². The number of aryl methyl sites for hydroxylation is 1. The van der Waals surface area contributed by atoms with Gasteiger partial charge < -0.3 is 10.8 Å². The summed E-state index contributed by atoms with van der Waals surface area (Å²) in [5.41, 5.74) is 5.49. The molecule has 3 N–H and O–H groups in total. The van der Waals surface area contributed by atoms with Crippen LogP contribution in [0.15, 0.2) is 5.38 Å². The highest BCUT2D eigenvalue weighted by Gasteiger charge is 2.39. The SMILES string of the molecule is Cc1nc(CC(O)(CN)C(C)(C)C)cs1. The molecule has 0 amide bonds. The Kier molecular flexibility index (Phi) is 3.53. The molecule has 15 heavy (non-hydrogen) atoms. The molecule has 0 saturated heterocycles. The molecule has 0 aliphatic rings. The van der Waals surface area contributed by atoms with Crippen LogP contribution in [-0.2, 0) is 6.42 Å². The first-order valence-electron chi connectivity index (χ1n) is 5.12. The quantitative estimate of drug-likeness (QED) is 0.828. The van der Waals surface area contributed by atoms with Gasteiger partial charge in [0.2, 0.25) is 0 Å². The third-order valence-electron chi connectivity index (χ3n) is 2.87. The number of aliphatic hydroxyl groups is 1. The third kappa shape index (κ3) is 2.77. The van der Waals surface area contributed by atoms with Crippen molar-refractivity contribution in [3.8, 4) is 0 Å². The van der Waals surface area contributed by atoms with Gasteiger partial charge in [-0.15, -0.1) is 11.3 Å². The summed E-state index contributed by atoms with van der Waals surface area (Å²) in [7, 11) is 0. The van der Waals surface area contributed by atoms with Crippen molar-refractivity contribution < 1.29 is 5.11 Å². The zero-order chi connectivity index (χ0) is 11.7. The number of hydrogen-bond acceptors (Lipinski definition) is 4. The number of thiazole rings is 1. The smallest absolute Gasteiger partial charge is 0.0897 e. The monoisotopic (exact) mass is 228 g/mol. The van der Waals surface area contributed by atoms with E-state index < -0.39 is 5.60 Å². The normalized spacial score (nSPS) is 16.4. The van der Waals surface area contributed by atoms with Crippen molar-refractivity contribution in [1.29, 1.82) is 0 Å². The maximum absolute atomic E-state index is 10.5. The number of hydrogen-bond donors (Lipinski definition) is 2. The summed E-state index contributed by atoms with van der Waals surface area (Å²) in [5.74, 6) is 0. The minimum absolute atomic E-state index is 0.237. The lowest BCUT2D eigenvalue weighted by Crippen LogP contribution is -2.51. The molecule has 0 aliphatic carbocycles. The molecule has 1 rings (SSSR count). The van der Waals surface area contributed by atoms with Crippen LogP contribution >= 0.6 is 11.3 Å². The molecule has 0 radical (unpaired) electrons. The van der Waals surface area contributed by atoms with Crippen LogP contribution in [0.5, 0.6) is 0 Å². The molecular weight excluding hydrogens is 208 g/mol. The van der Waals surface area contributed by atoms with E-state index in [1.165, 1.54) is 0 Å². The molecule has 1 atom stereocenters. The van der Waals surface area contributed by atoms with Gasteiger partial charge in [0.05, 0.1) is 16.3 Å². The van der Waals surface area contributed by atoms with E-state index in [4.69, 9.17) is 5.73 Å². The zero-order valence-corrected chi connectivity index (χ0v) is 10.7. The van der Waals surface area contributed by atoms with Gasteiger partial charge in [-0.2, -0.15) is 0 Å². The first-order chi connectivity index (χ1) is 6.78. The van der Waals surface area contributed by atoms with Crippen LogP contribution in [0.3, 0.4) is 0 Å². The Morgan fingerprint density at radius 2 is 2.07 bits per heavy atom. The van der Waals surface area contributed by atoms with E-state index in [9.17, 15) is 5.11 Å². The fraction of sp³-hybridized carbons (Fsp3) is 0.727. The summed E-state index contributed by atoms with van der Waals surface area (Å²) in [6.45, 7) is 8.22. The lowest BCUT2D eigenvalue weighted by Gasteiger charge is -2.39. The lowest BCUT2D eigenvalue weighted by molar-refractivity contribution is -0.0496. The second-order valence-corrected chi connectivity index (χ2v) is 6.08. The van der Waals surface area contributed by atoms with Crippen LogP contribution in [-0.4, -0.2) is 22.2 Å². The van der Waals surface area contributed by atoms with Crippen molar-refractivity contribution in [2.45, 2.75) is 39.7 Å². The molecule has 0 aliphatic heterocycles. The van der Waals surface area contributed by atoms with Crippen molar-refractivity contribution >= 4 is 11.3 Å². The van der Waals surface area contributed by atoms with Gasteiger partial charge in [0.15, 0.2) is 0 Å². The van der Waals surface area contributed by atoms with Gasteiger partial charge in [-0.3, -0.25) is 0 Å². The minimum Gasteiger partial charge on any atom is -0.388 e. The molecule has 1 heterocycles. The summed E-state index contributed by atoms with van der Waals surface area (Å²) < 4.78 is 0. The van der Waals surface area contributed by atoms with E-state index >= 15 is 0 Å². The maximum atomic E-state index is 10.5. The summed E-state index contributed by atoms with van der Waals surface area (Å²) in [6, 6.07) is 0. The molecule has 0 fully saturated rings. The van der Waals surface area contributed by atoms with Crippen LogP contribution in [0.2, 0.25) is 0 Å². The van der Waals surface area contributed by atoms with E-state index in [2.05, 4.69) is 4.98 Å². The molecular formula is C11H20N2OS. The largest absolute Gasteiger partial charge is 0.388 e. The maximum Gasteiger partial charge on any atom is 0.0897 e. The summed E-state index contributed by atoms with van der Waals surface area (Å²) in [5, 5.41) is 13.5. The Morgan fingerprint density at radius 1 is 1.47 bits per heavy atom. The van der Waals surface area contributed by atoms with E-state index in [-0.39, 0.29) is 12.0 Å². The standard InChI is InChI=1S/C11H20N2OS/c1-8-13-9(6-15-8)5-11(14,7-12)10(2,3)4/h6,14H,5,7,12H2,1-4H3. The van der Waals surface area contributed by atoms with Gasteiger partial charge in [0, 0.05) is 18.3 Å². The molecule has 4 heteroatoms. The average Bonchev–Trinajstić information content (AvgIpc) is 2.49. The van der Waals surface area contributed by atoms with E-state index in [1.54, 1.807) is 11.3 Å². The molecule has 3 nitrogen and oxygen atoms in total. The Hall–Kier alpha value is -0.450. The molecule has 1 aromatic heterocycles. The fourth-order valence-corrected chi connectivity index (χ4v) is 2.05. The molecule has 0 spiro atoms. The van der Waals surface area contributed by atoms with E-state index in [0.29, 0.717) is 6.42 Å². The number of nitrogens with zero attached hydrogens (tertiary/aromatic N) is 1. The van der Waals surface area contributed by atoms with Crippen molar-refractivity contribution in [2.75, 3.05) is 6.54 Å². The van der Waals surface area contributed by atoms with Gasteiger partial charge >= 0.3 is 0 Å². The van der Waals surface area contributed by atoms with Crippen molar-refractivity contribution in [2.24, 2.45) is 11.1 Å². The highest BCUT2D eigenvalue weighted by atomic mass is 32.1. The molecule has 0 aromatic carbocycles. The van der Waals surface area contributed by atoms with Crippen LogP contribution in [0.25, 0.3) is 0 Å². The zero-order valence-electron chi connectivity index (χ0n) is 9.87. The molecule has 0 saturated carbocycles. The lowest BCUT2D eigenvalue weighted by atomic mass is 9.74. The third-order valence-corrected chi connectivity index (χ3v) is 3.70. The highest BCUT2D eigenvalue weighted by molar-refractivity contribution is 7.09. The first-order valence-corrected chi connectivity index (χ1v) is 6.00. The molecule has 1 unspecified atom stereocenters. The number of aromatic nitrogens is 1. The first kappa shape index (κ1) is 12.6. The summed E-state index contributed by atoms with van der Waals surface area (Å²) in [6.07, 6.45) is 0.525. The van der Waals surface area contributed by atoms with Gasteiger partial charge in [-0.05, 0) is 12.3 Å². The minimum atomic E-state index is -0.881. The van der Waals surface area contributed by atoms with Crippen LogP contribution < -0.4 is 5.73 Å². The van der Waals surface area contributed by atoms with Gasteiger partial charge in [0.1, 0.15) is 0 Å². The predicted octanol–water partition coefficient (Wildman–Crippen LogP) is 1.73. The van der Waals surface area contributed by atoms with Gasteiger partial charge in [-0.25, -0.2) is 4.98 Å². The summed E-state index contributed by atoms with van der Waals surface area (Å²) >= 11 is 1.60. The van der Waals surface area contributed by atoms with Crippen molar-refractivity contribution in [3.63, 3.8) is 0 Å².